The molecule has 66 heavy (non-hydrogen) atoms. The quantitative estimate of drug-likeness (QED) is 0.0232. The predicted octanol–water partition coefficient (Wildman–Crippen LogP) is 12.2. The number of rotatable bonds is 47. The minimum Gasteiger partial charge on any atom is -0.394 e. The number of hydrogen-bond donors (Lipinski definition) is 7. The molecule has 0 bridgehead atoms. The van der Waals surface area contributed by atoms with Crippen molar-refractivity contribution in [1.29, 1.82) is 0 Å². The van der Waals surface area contributed by atoms with Crippen molar-refractivity contribution in [1.82, 2.24) is 5.32 Å². The summed E-state index contributed by atoms with van der Waals surface area (Å²) >= 11 is 0. The fourth-order valence-electron chi connectivity index (χ4n) is 8.78. The molecule has 8 unspecified atom stereocenters. The Labute approximate surface area is 404 Å². The van der Waals surface area contributed by atoms with E-state index in [2.05, 4.69) is 43.5 Å². The lowest BCUT2D eigenvalue weighted by Crippen LogP contribution is -2.60. The lowest BCUT2D eigenvalue weighted by Gasteiger charge is -2.40. The zero-order valence-electron chi connectivity index (χ0n) is 42.6. The van der Waals surface area contributed by atoms with Crippen LogP contribution in [0.2, 0.25) is 0 Å². The van der Waals surface area contributed by atoms with Crippen molar-refractivity contribution < 1.29 is 44.9 Å². The third-order valence-electron chi connectivity index (χ3n) is 13.3. The molecule has 1 rings (SSSR count). The average molecular weight is 936 g/mol. The van der Waals surface area contributed by atoms with Gasteiger partial charge in [-0.3, -0.25) is 4.79 Å². The third-order valence-corrected chi connectivity index (χ3v) is 13.3. The minimum absolute atomic E-state index is 0.305. The molecule has 388 valence electrons. The van der Waals surface area contributed by atoms with E-state index >= 15 is 0 Å². The standard InChI is InChI=1S/C56H105NO9/c1-3-5-7-9-11-13-15-17-18-19-20-21-22-23-24-25-26-27-28-29-30-31-33-35-37-39-41-43-45-50(60)55(64)57-48(47-65-56-54(63)53(62)52(61)51(46-58)66-56)49(59)44-42-40-38-36-34-32-16-14-12-10-8-6-4-2/h20-21,23-24,42,44,48-54,56,58-63H,3-19,22,25-41,43,45-47H2,1-2H3,(H,57,64)/b21-20-,24-23-,44-42+. The molecule has 0 aromatic carbocycles. The molecule has 7 N–H and O–H groups in total. The van der Waals surface area contributed by atoms with Crippen molar-refractivity contribution in [2.45, 2.75) is 300 Å². The predicted molar refractivity (Wildman–Crippen MR) is 273 cm³/mol. The molecule has 1 aliphatic heterocycles. The minimum atomic E-state index is -1.61. The number of amides is 1. The summed E-state index contributed by atoms with van der Waals surface area (Å²) in [5.74, 6) is -0.617. The van der Waals surface area contributed by atoms with E-state index in [1.807, 2.05) is 6.08 Å². The molecule has 0 aromatic heterocycles. The van der Waals surface area contributed by atoms with Crippen LogP contribution < -0.4 is 5.32 Å². The Hall–Kier alpha value is -1.63. The zero-order chi connectivity index (χ0) is 48.1. The molecule has 0 aromatic rings. The molecule has 0 aliphatic carbocycles. The highest BCUT2D eigenvalue weighted by molar-refractivity contribution is 5.80. The fourth-order valence-corrected chi connectivity index (χ4v) is 8.78. The van der Waals surface area contributed by atoms with E-state index < -0.39 is 61.5 Å². The monoisotopic (exact) mass is 936 g/mol. The summed E-state index contributed by atoms with van der Waals surface area (Å²) in [6.07, 6.45) is 48.2. The Morgan fingerprint density at radius 2 is 0.924 bits per heavy atom. The lowest BCUT2D eigenvalue weighted by molar-refractivity contribution is -0.302. The van der Waals surface area contributed by atoms with Gasteiger partial charge in [0.2, 0.25) is 5.91 Å². The van der Waals surface area contributed by atoms with E-state index in [1.165, 1.54) is 180 Å². The number of nitrogens with one attached hydrogen (secondary N) is 1. The molecular formula is C56H105NO9. The van der Waals surface area contributed by atoms with Gasteiger partial charge in [0, 0.05) is 0 Å². The maximum Gasteiger partial charge on any atom is 0.249 e. The van der Waals surface area contributed by atoms with Crippen molar-refractivity contribution >= 4 is 5.91 Å². The second kappa shape index (κ2) is 45.8. The Bertz CT molecular complexity index is 1150. The van der Waals surface area contributed by atoms with Crippen LogP contribution in [0.3, 0.4) is 0 Å². The fraction of sp³-hybridized carbons (Fsp3) is 0.875. The number of unbranched alkanes of at least 4 members (excludes halogenated alkanes) is 32. The summed E-state index contributed by atoms with van der Waals surface area (Å²) in [5, 5.41) is 64.9. The van der Waals surface area contributed by atoms with Crippen LogP contribution >= 0.6 is 0 Å². The van der Waals surface area contributed by atoms with Crippen molar-refractivity contribution in [2.24, 2.45) is 0 Å². The molecule has 1 aliphatic rings. The first-order chi connectivity index (χ1) is 32.3. The van der Waals surface area contributed by atoms with Gasteiger partial charge < -0.3 is 45.4 Å². The SMILES string of the molecule is CCCCCCCCCCC/C=C\C/C=C\CCCCCCCCCCCCCCC(O)C(=O)NC(COC1OC(CO)C(O)C(O)C1O)C(O)/C=C/CCCCCCCCCCCCC. The van der Waals surface area contributed by atoms with E-state index in [4.69, 9.17) is 9.47 Å². The Kier molecular flexibility index (Phi) is 43.3. The van der Waals surface area contributed by atoms with E-state index in [9.17, 15) is 35.4 Å². The molecule has 10 heteroatoms. The lowest BCUT2D eigenvalue weighted by atomic mass is 9.99. The first-order valence-electron chi connectivity index (χ1n) is 27.8. The molecule has 0 saturated carbocycles. The zero-order valence-corrected chi connectivity index (χ0v) is 42.6. The number of carbonyl (C=O) groups excluding carboxylic acids is 1. The number of ether oxygens (including phenoxy) is 2. The second-order valence-corrected chi connectivity index (χ2v) is 19.5. The van der Waals surface area contributed by atoms with Gasteiger partial charge in [0.15, 0.2) is 6.29 Å². The van der Waals surface area contributed by atoms with Crippen LogP contribution in [0.25, 0.3) is 0 Å². The molecule has 8 atom stereocenters. The molecule has 1 heterocycles. The summed E-state index contributed by atoms with van der Waals surface area (Å²) < 4.78 is 11.2. The molecular weight excluding hydrogens is 831 g/mol. The van der Waals surface area contributed by atoms with Crippen LogP contribution in [0.1, 0.15) is 251 Å². The normalized spacial score (nSPS) is 20.5. The molecule has 1 saturated heterocycles. The van der Waals surface area contributed by atoms with Gasteiger partial charge in [0.25, 0.3) is 0 Å². The Balaban J connectivity index is 2.23. The number of hydrogen-bond acceptors (Lipinski definition) is 9. The maximum absolute atomic E-state index is 13.1. The van der Waals surface area contributed by atoms with Crippen LogP contribution in [0.5, 0.6) is 0 Å². The van der Waals surface area contributed by atoms with Crippen molar-refractivity contribution in [3.8, 4) is 0 Å². The van der Waals surface area contributed by atoms with Gasteiger partial charge in [-0.1, -0.05) is 237 Å². The van der Waals surface area contributed by atoms with E-state index in [1.54, 1.807) is 6.08 Å². The summed E-state index contributed by atoms with van der Waals surface area (Å²) in [6, 6.07) is -0.980. The van der Waals surface area contributed by atoms with E-state index in [-0.39, 0.29) is 6.61 Å². The van der Waals surface area contributed by atoms with Gasteiger partial charge in [0.05, 0.1) is 25.4 Å². The van der Waals surface area contributed by atoms with Gasteiger partial charge >= 0.3 is 0 Å². The molecule has 1 amide bonds. The van der Waals surface area contributed by atoms with Crippen LogP contribution in [0.4, 0.5) is 0 Å². The first-order valence-corrected chi connectivity index (χ1v) is 27.8. The number of carbonyl (C=O) groups is 1. The van der Waals surface area contributed by atoms with Crippen LogP contribution in [0, 0.1) is 0 Å². The maximum atomic E-state index is 13.1. The van der Waals surface area contributed by atoms with Crippen LogP contribution in [-0.4, -0.2) is 98.7 Å². The number of aliphatic hydroxyl groups excluding tert-OH is 6. The van der Waals surface area contributed by atoms with Crippen molar-refractivity contribution in [3.05, 3.63) is 36.5 Å². The molecule has 10 nitrogen and oxygen atoms in total. The van der Waals surface area contributed by atoms with Gasteiger partial charge in [-0.15, -0.1) is 0 Å². The highest BCUT2D eigenvalue weighted by atomic mass is 16.7. The summed E-state index contributed by atoms with van der Waals surface area (Å²) in [5.41, 5.74) is 0. The highest BCUT2D eigenvalue weighted by Gasteiger charge is 2.44. The molecule has 1 fully saturated rings. The number of allylic oxidation sites excluding steroid dienone is 5. The average Bonchev–Trinajstić information content (AvgIpc) is 3.32. The van der Waals surface area contributed by atoms with Gasteiger partial charge in [0.1, 0.15) is 30.5 Å². The third kappa shape index (κ3) is 34.6. The van der Waals surface area contributed by atoms with Gasteiger partial charge in [-0.2, -0.15) is 0 Å². The Morgan fingerprint density at radius 3 is 1.35 bits per heavy atom. The summed E-state index contributed by atoms with van der Waals surface area (Å²) in [4.78, 5) is 13.1. The largest absolute Gasteiger partial charge is 0.394 e. The first kappa shape index (κ1) is 62.4. The Morgan fingerprint density at radius 1 is 0.530 bits per heavy atom. The smallest absolute Gasteiger partial charge is 0.249 e. The van der Waals surface area contributed by atoms with Crippen LogP contribution in [0.15, 0.2) is 36.5 Å². The summed E-state index contributed by atoms with van der Waals surface area (Å²) in [6.45, 7) is 3.62. The number of aliphatic hydroxyl groups is 6. The molecule has 0 spiro atoms. The van der Waals surface area contributed by atoms with E-state index in [0.29, 0.717) is 12.8 Å². The summed E-state index contributed by atoms with van der Waals surface area (Å²) in [7, 11) is 0. The topological polar surface area (TPSA) is 169 Å². The second-order valence-electron chi connectivity index (χ2n) is 19.5. The van der Waals surface area contributed by atoms with Gasteiger partial charge in [-0.25, -0.2) is 0 Å². The van der Waals surface area contributed by atoms with Crippen LogP contribution in [-0.2, 0) is 14.3 Å². The van der Waals surface area contributed by atoms with E-state index in [0.717, 1.165) is 44.9 Å². The van der Waals surface area contributed by atoms with Crippen molar-refractivity contribution in [2.75, 3.05) is 13.2 Å². The molecule has 0 radical (unpaired) electrons. The highest BCUT2D eigenvalue weighted by Crippen LogP contribution is 2.23. The van der Waals surface area contributed by atoms with Crippen molar-refractivity contribution in [3.63, 3.8) is 0 Å². The van der Waals surface area contributed by atoms with Gasteiger partial charge in [-0.05, 0) is 51.4 Å².